The highest BCUT2D eigenvalue weighted by atomic mass is 16.5. The molecule has 2 N–H and O–H groups in total. The largest absolute Gasteiger partial charge is 0.360 e. The number of piperazine rings is 1. The van der Waals surface area contributed by atoms with Gasteiger partial charge in [-0.25, -0.2) is 0 Å². The van der Waals surface area contributed by atoms with Crippen molar-refractivity contribution in [3.8, 4) is 0 Å². The van der Waals surface area contributed by atoms with E-state index < -0.39 is 0 Å². The Labute approximate surface area is 125 Å². The van der Waals surface area contributed by atoms with Crippen LogP contribution in [0.3, 0.4) is 0 Å². The SMILES string of the molecule is Cc1cc(CN2CCN(C(=O)[C@@H]3CC[C@H](N)C3)CC2)on1. The minimum Gasteiger partial charge on any atom is -0.360 e. The summed E-state index contributed by atoms with van der Waals surface area (Å²) in [4.78, 5) is 16.8. The van der Waals surface area contributed by atoms with Crippen LogP contribution < -0.4 is 5.73 Å². The molecule has 2 aliphatic rings. The highest BCUT2D eigenvalue weighted by Gasteiger charge is 2.32. The van der Waals surface area contributed by atoms with Gasteiger partial charge in [0.1, 0.15) is 0 Å². The molecular weight excluding hydrogens is 268 g/mol. The molecule has 2 heterocycles. The van der Waals surface area contributed by atoms with E-state index in [1.54, 1.807) is 0 Å². The van der Waals surface area contributed by atoms with Gasteiger partial charge in [-0.05, 0) is 26.2 Å². The van der Waals surface area contributed by atoms with E-state index >= 15 is 0 Å². The molecule has 1 aliphatic heterocycles. The summed E-state index contributed by atoms with van der Waals surface area (Å²) in [5.74, 6) is 1.36. The van der Waals surface area contributed by atoms with Crippen molar-refractivity contribution in [3.63, 3.8) is 0 Å². The fourth-order valence-corrected chi connectivity index (χ4v) is 3.34. The Bertz CT molecular complexity index is 494. The van der Waals surface area contributed by atoms with Crippen molar-refractivity contribution in [2.75, 3.05) is 26.2 Å². The van der Waals surface area contributed by atoms with Crippen LogP contribution in [0.25, 0.3) is 0 Å². The van der Waals surface area contributed by atoms with Gasteiger partial charge < -0.3 is 15.2 Å². The van der Waals surface area contributed by atoms with E-state index in [0.717, 1.165) is 63.4 Å². The normalized spacial score (nSPS) is 27.2. The molecule has 0 aromatic carbocycles. The first kappa shape index (κ1) is 14.5. The molecule has 1 saturated carbocycles. The zero-order chi connectivity index (χ0) is 14.8. The topological polar surface area (TPSA) is 75.6 Å². The first-order chi connectivity index (χ1) is 10.1. The fourth-order valence-electron chi connectivity index (χ4n) is 3.34. The van der Waals surface area contributed by atoms with E-state index in [-0.39, 0.29) is 12.0 Å². The van der Waals surface area contributed by atoms with Crippen molar-refractivity contribution >= 4 is 5.91 Å². The second kappa shape index (κ2) is 6.15. The lowest BCUT2D eigenvalue weighted by Gasteiger charge is -2.35. The van der Waals surface area contributed by atoms with Crippen LogP contribution in [0.5, 0.6) is 0 Å². The number of nitrogens with two attached hydrogens (primary N) is 1. The maximum atomic E-state index is 12.4. The number of rotatable bonds is 3. The number of carbonyl (C=O) groups is 1. The van der Waals surface area contributed by atoms with Gasteiger partial charge in [-0.15, -0.1) is 0 Å². The average Bonchev–Trinajstić information content (AvgIpc) is 3.08. The Kier molecular flexibility index (Phi) is 4.26. The molecule has 0 unspecified atom stereocenters. The minimum atomic E-state index is 0.156. The van der Waals surface area contributed by atoms with Crippen molar-refractivity contribution in [2.24, 2.45) is 11.7 Å². The van der Waals surface area contributed by atoms with Crippen molar-refractivity contribution < 1.29 is 9.32 Å². The molecule has 1 saturated heterocycles. The Balaban J connectivity index is 1.47. The van der Waals surface area contributed by atoms with Crippen molar-refractivity contribution in [1.29, 1.82) is 0 Å². The predicted octanol–water partition coefficient (Wildman–Crippen LogP) is 0.755. The quantitative estimate of drug-likeness (QED) is 0.890. The Morgan fingerprint density at radius 3 is 2.71 bits per heavy atom. The third-order valence-corrected chi connectivity index (χ3v) is 4.56. The summed E-state index contributed by atoms with van der Waals surface area (Å²) >= 11 is 0. The van der Waals surface area contributed by atoms with E-state index in [2.05, 4.69) is 10.1 Å². The number of aryl methyl sites for hydroxylation is 1. The molecule has 2 fully saturated rings. The summed E-state index contributed by atoms with van der Waals surface area (Å²) in [6.45, 7) is 6.09. The summed E-state index contributed by atoms with van der Waals surface area (Å²) in [5, 5.41) is 3.91. The van der Waals surface area contributed by atoms with Gasteiger partial charge in [0, 0.05) is 44.2 Å². The molecule has 1 aromatic rings. The van der Waals surface area contributed by atoms with Crippen molar-refractivity contribution in [1.82, 2.24) is 15.0 Å². The van der Waals surface area contributed by atoms with Gasteiger partial charge in [0.2, 0.25) is 5.91 Å². The van der Waals surface area contributed by atoms with E-state index in [9.17, 15) is 4.79 Å². The van der Waals surface area contributed by atoms with E-state index in [1.165, 1.54) is 0 Å². The zero-order valence-electron chi connectivity index (χ0n) is 12.6. The standard InChI is InChI=1S/C15H24N4O2/c1-11-8-14(21-17-11)10-18-4-6-19(7-5-18)15(20)12-2-3-13(16)9-12/h8,12-13H,2-7,9-10,16H2,1H3/t12-,13+/m1/s1. The summed E-state index contributed by atoms with van der Waals surface area (Å²) in [5.41, 5.74) is 6.82. The van der Waals surface area contributed by atoms with Crippen LogP contribution in [0.4, 0.5) is 0 Å². The lowest BCUT2D eigenvalue weighted by atomic mass is 10.1. The molecule has 0 bridgehead atoms. The average molecular weight is 292 g/mol. The van der Waals surface area contributed by atoms with Crippen molar-refractivity contribution in [3.05, 3.63) is 17.5 Å². The van der Waals surface area contributed by atoms with Crippen LogP contribution in [0, 0.1) is 12.8 Å². The summed E-state index contributed by atoms with van der Waals surface area (Å²) in [7, 11) is 0. The molecule has 0 radical (unpaired) electrons. The molecule has 0 spiro atoms. The third-order valence-electron chi connectivity index (χ3n) is 4.56. The molecule has 1 aliphatic carbocycles. The highest BCUT2D eigenvalue weighted by Crippen LogP contribution is 2.26. The smallest absolute Gasteiger partial charge is 0.225 e. The van der Waals surface area contributed by atoms with Gasteiger partial charge in [-0.3, -0.25) is 9.69 Å². The van der Waals surface area contributed by atoms with E-state index in [4.69, 9.17) is 10.3 Å². The molecule has 6 nitrogen and oxygen atoms in total. The van der Waals surface area contributed by atoms with Gasteiger partial charge in [0.25, 0.3) is 0 Å². The molecule has 2 atom stereocenters. The van der Waals surface area contributed by atoms with Gasteiger partial charge >= 0.3 is 0 Å². The second-order valence-electron chi connectivity index (χ2n) is 6.31. The van der Waals surface area contributed by atoms with Gasteiger partial charge in [-0.1, -0.05) is 5.16 Å². The Morgan fingerprint density at radius 2 is 2.14 bits per heavy atom. The van der Waals surface area contributed by atoms with Gasteiger partial charge in [0.05, 0.1) is 12.2 Å². The van der Waals surface area contributed by atoms with Crippen molar-refractivity contribution in [2.45, 2.75) is 38.8 Å². The molecular formula is C15H24N4O2. The van der Waals surface area contributed by atoms with Gasteiger partial charge in [-0.2, -0.15) is 0 Å². The predicted molar refractivity (Wildman–Crippen MR) is 78.4 cm³/mol. The van der Waals surface area contributed by atoms with Crippen LogP contribution in [0.1, 0.15) is 30.7 Å². The lowest BCUT2D eigenvalue weighted by Crippen LogP contribution is -2.49. The second-order valence-corrected chi connectivity index (χ2v) is 6.31. The first-order valence-corrected chi connectivity index (χ1v) is 7.81. The number of aromatic nitrogens is 1. The first-order valence-electron chi connectivity index (χ1n) is 7.81. The van der Waals surface area contributed by atoms with Crippen LogP contribution in [0.15, 0.2) is 10.6 Å². The molecule has 1 amide bonds. The van der Waals surface area contributed by atoms with Crippen LogP contribution in [-0.2, 0) is 11.3 Å². The molecule has 116 valence electrons. The number of hydrogen-bond acceptors (Lipinski definition) is 5. The number of amides is 1. The van der Waals surface area contributed by atoms with Crippen LogP contribution in [-0.4, -0.2) is 53.1 Å². The zero-order valence-corrected chi connectivity index (χ0v) is 12.6. The van der Waals surface area contributed by atoms with E-state index in [1.807, 2.05) is 17.9 Å². The number of hydrogen-bond donors (Lipinski definition) is 1. The highest BCUT2D eigenvalue weighted by molar-refractivity contribution is 5.79. The molecule has 1 aromatic heterocycles. The minimum absolute atomic E-state index is 0.156. The van der Waals surface area contributed by atoms with Gasteiger partial charge in [0.15, 0.2) is 5.76 Å². The molecule has 21 heavy (non-hydrogen) atoms. The number of carbonyl (C=O) groups excluding carboxylic acids is 1. The molecule has 3 rings (SSSR count). The van der Waals surface area contributed by atoms with Crippen LogP contribution in [0.2, 0.25) is 0 Å². The summed E-state index contributed by atoms with van der Waals surface area (Å²) < 4.78 is 5.25. The maximum Gasteiger partial charge on any atom is 0.225 e. The third kappa shape index (κ3) is 3.44. The summed E-state index contributed by atoms with van der Waals surface area (Å²) in [6.07, 6.45) is 2.80. The lowest BCUT2D eigenvalue weighted by molar-refractivity contribution is -0.137. The maximum absolute atomic E-state index is 12.4. The fraction of sp³-hybridized carbons (Fsp3) is 0.733. The van der Waals surface area contributed by atoms with E-state index in [0.29, 0.717) is 5.91 Å². The Hall–Kier alpha value is -1.40. The monoisotopic (exact) mass is 292 g/mol. The number of nitrogens with zero attached hydrogens (tertiary/aromatic N) is 3. The van der Waals surface area contributed by atoms with Crippen LogP contribution >= 0.6 is 0 Å². The Morgan fingerprint density at radius 1 is 1.38 bits per heavy atom. The molecule has 6 heteroatoms. The summed E-state index contributed by atoms with van der Waals surface area (Å²) in [6, 6.07) is 2.19.